The number of aromatic nitrogens is 4. The van der Waals surface area contributed by atoms with E-state index in [1.807, 2.05) is 0 Å². The molecular weight excluding hydrogens is 553 g/mol. The van der Waals surface area contributed by atoms with Gasteiger partial charge in [0.15, 0.2) is 0 Å². The molecule has 0 amide bonds. The maximum atomic E-state index is 5.97. The number of piperazine rings is 1. The second-order valence-electron chi connectivity index (χ2n) is 10.9. The van der Waals surface area contributed by atoms with E-state index in [0.29, 0.717) is 11.8 Å². The van der Waals surface area contributed by atoms with Gasteiger partial charge in [-0.25, -0.2) is 9.97 Å². The van der Waals surface area contributed by atoms with Crippen LogP contribution in [0.15, 0.2) is 60.7 Å². The van der Waals surface area contributed by atoms with Crippen LogP contribution in [0.3, 0.4) is 0 Å². The number of halogens is 2. The van der Waals surface area contributed by atoms with Crippen molar-refractivity contribution < 1.29 is 0 Å². The molecule has 2 N–H and O–H groups in total. The molecule has 0 spiro atoms. The van der Waals surface area contributed by atoms with Gasteiger partial charge in [-0.1, -0.05) is 6.07 Å². The smallest absolute Gasteiger partial charge is 0.138 e. The number of rotatable bonds is 11. The van der Waals surface area contributed by atoms with E-state index >= 15 is 0 Å². The summed E-state index contributed by atoms with van der Waals surface area (Å²) in [5.74, 6) is 3.07. The summed E-state index contributed by atoms with van der Waals surface area (Å²) in [5.41, 5.74) is 8.97. The molecule has 7 nitrogen and oxygen atoms in total. The van der Waals surface area contributed by atoms with Crippen LogP contribution in [0.5, 0.6) is 0 Å². The lowest BCUT2D eigenvalue weighted by Crippen LogP contribution is -2.44. The van der Waals surface area contributed by atoms with Gasteiger partial charge in [0.05, 0.1) is 22.1 Å². The molecule has 5 aromatic rings. The van der Waals surface area contributed by atoms with Crippen LogP contribution in [0.2, 0.25) is 0 Å². The van der Waals surface area contributed by atoms with E-state index in [9.17, 15) is 0 Å². The summed E-state index contributed by atoms with van der Waals surface area (Å²) in [6.07, 6.45) is 2.93. The van der Waals surface area contributed by atoms with Crippen molar-refractivity contribution in [1.82, 2.24) is 24.8 Å². The number of hydrogen-bond donors (Lipinski definition) is 2. The molecule has 3 heterocycles. The number of aryl methyl sites for hydroxylation is 2. The minimum absolute atomic E-state index is 0.570. The molecule has 0 radical (unpaired) electrons. The predicted molar refractivity (Wildman–Crippen MR) is 173 cm³/mol. The van der Waals surface area contributed by atoms with Crippen LogP contribution < -0.4 is 9.80 Å². The van der Waals surface area contributed by atoms with Gasteiger partial charge in [-0.15, -0.1) is 23.2 Å². The Bertz CT molecular complexity index is 1580. The van der Waals surface area contributed by atoms with E-state index in [4.69, 9.17) is 33.2 Å². The quantitative estimate of drug-likeness (QED) is 0.176. The van der Waals surface area contributed by atoms with Crippen LogP contribution in [-0.2, 0) is 12.8 Å². The van der Waals surface area contributed by atoms with E-state index < -0.39 is 0 Å². The van der Waals surface area contributed by atoms with E-state index in [2.05, 4.69) is 92.4 Å². The number of aromatic amines is 2. The van der Waals surface area contributed by atoms with E-state index in [1.165, 1.54) is 11.3 Å². The number of nitrogens with one attached hydrogen (secondary N) is 2. The maximum absolute atomic E-state index is 5.97. The number of anilines is 2. The predicted octanol–water partition coefficient (Wildman–Crippen LogP) is 6.32. The van der Waals surface area contributed by atoms with Gasteiger partial charge >= 0.3 is 0 Å². The fourth-order valence-corrected chi connectivity index (χ4v) is 6.05. The second-order valence-corrected chi connectivity index (χ2v) is 11.6. The van der Waals surface area contributed by atoms with Gasteiger partial charge < -0.3 is 24.7 Å². The number of nitrogens with zero attached hydrogens (tertiary/aromatic N) is 5. The molecule has 0 atom stereocenters. The molecule has 1 aliphatic heterocycles. The first-order chi connectivity index (χ1) is 20.1. The molecule has 9 heteroatoms. The van der Waals surface area contributed by atoms with Crippen molar-refractivity contribution in [1.29, 1.82) is 0 Å². The Morgan fingerprint density at radius 2 is 1.49 bits per heavy atom. The Balaban J connectivity index is 1.08. The summed E-state index contributed by atoms with van der Waals surface area (Å²) < 4.78 is 0. The number of fused-ring (bicyclic) bond motifs is 2. The molecule has 0 unspecified atom stereocenters. The fourth-order valence-electron chi connectivity index (χ4n) is 5.64. The zero-order valence-electron chi connectivity index (χ0n) is 23.5. The Hall–Kier alpha value is -3.26. The third-order valence-electron chi connectivity index (χ3n) is 8.02. The first-order valence-electron chi connectivity index (χ1n) is 14.5. The minimum Gasteiger partial charge on any atom is -0.369 e. The highest BCUT2D eigenvalue weighted by atomic mass is 35.5. The van der Waals surface area contributed by atoms with Crippen molar-refractivity contribution in [3.8, 4) is 11.4 Å². The molecule has 41 heavy (non-hydrogen) atoms. The van der Waals surface area contributed by atoms with Crippen LogP contribution in [-0.4, -0.2) is 82.9 Å². The minimum atomic E-state index is 0.570. The molecule has 1 saturated heterocycles. The van der Waals surface area contributed by atoms with Gasteiger partial charge in [0, 0.05) is 74.4 Å². The van der Waals surface area contributed by atoms with E-state index in [0.717, 1.165) is 103 Å². The standard InChI is InChI=1S/C32H37Cl2N7/c1-39-17-19-41(20-18-39)26-10-12-27-30(22-26)36-31(35-27)4-2-3-23-5-11-28-29(21-23)38-32(37-28)24-6-8-25(9-7-24)40(15-13-33)16-14-34/h5-12,21-22H,2-4,13-20H2,1H3,(H,35,36)(H,37,38). The summed E-state index contributed by atoms with van der Waals surface area (Å²) in [4.78, 5) is 23.8. The average Bonchev–Trinajstić information content (AvgIpc) is 3.61. The SMILES string of the molecule is CN1CCN(c2ccc3nc(CCCc4ccc5nc(-c6ccc(N(CCCl)CCCl)cc6)[nH]c5c4)[nH]c3c2)CC1. The number of H-pyrrole nitrogens is 2. The van der Waals surface area contributed by atoms with Crippen LogP contribution in [0.25, 0.3) is 33.5 Å². The molecule has 1 fully saturated rings. The average molecular weight is 591 g/mol. The van der Waals surface area contributed by atoms with Crippen molar-refractivity contribution in [3.63, 3.8) is 0 Å². The van der Waals surface area contributed by atoms with E-state index in [-0.39, 0.29) is 0 Å². The van der Waals surface area contributed by atoms with Crippen molar-refractivity contribution >= 4 is 56.6 Å². The van der Waals surface area contributed by atoms with Gasteiger partial charge in [-0.3, -0.25) is 0 Å². The Morgan fingerprint density at radius 1 is 0.780 bits per heavy atom. The highest BCUT2D eigenvalue weighted by Gasteiger charge is 2.15. The molecule has 2 aromatic heterocycles. The zero-order chi connectivity index (χ0) is 28.2. The molecule has 0 bridgehead atoms. The molecule has 214 valence electrons. The van der Waals surface area contributed by atoms with Crippen molar-refractivity contribution in [3.05, 3.63) is 72.1 Å². The summed E-state index contributed by atoms with van der Waals surface area (Å²) in [5, 5.41) is 0. The normalized spacial score (nSPS) is 14.4. The number of likely N-dealkylation sites (N-methyl/N-ethyl adjacent to an activating group) is 1. The van der Waals surface area contributed by atoms with Gasteiger partial charge in [0.2, 0.25) is 0 Å². The highest BCUT2D eigenvalue weighted by molar-refractivity contribution is 6.18. The van der Waals surface area contributed by atoms with Crippen molar-refractivity contribution in [2.24, 2.45) is 0 Å². The molecular formula is C32H37Cl2N7. The molecule has 0 saturated carbocycles. The Labute approximate surface area is 251 Å². The summed E-state index contributed by atoms with van der Waals surface area (Å²) >= 11 is 11.9. The molecule has 6 rings (SSSR count). The highest BCUT2D eigenvalue weighted by Crippen LogP contribution is 2.26. The first kappa shape index (κ1) is 27.9. The van der Waals surface area contributed by atoms with Crippen LogP contribution >= 0.6 is 23.2 Å². The Kier molecular flexibility index (Phi) is 8.65. The van der Waals surface area contributed by atoms with Crippen LogP contribution in [0.1, 0.15) is 17.8 Å². The van der Waals surface area contributed by atoms with Crippen LogP contribution in [0.4, 0.5) is 11.4 Å². The largest absolute Gasteiger partial charge is 0.369 e. The van der Waals surface area contributed by atoms with Gasteiger partial charge in [0.1, 0.15) is 11.6 Å². The van der Waals surface area contributed by atoms with Gasteiger partial charge in [-0.2, -0.15) is 0 Å². The molecule has 0 aliphatic carbocycles. The lowest BCUT2D eigenvalue weighted by Gasteiger charge is -2.34. The van der Waals surface area contributed by atoms with E-state index in [1.54, 1.807) is 0 Å². The second kappa shape index (κ2) is 12.7. The lowest BCUT2D eigenvalue weighted by atomic mass is 10.1. The molecule has 1 aliphatic rings. The van der Waals surface area contributed by atoms with Crippen molar-refractivity contribution in [2.75, 3.05) is 67.9 Å². The van der Waals surface area contributed by atoms with Gasteiger partial charge in [-0.05, 0) is 80.1 Å². The summed E-state index contributed by atoms with van der Waals surface area (Å²) in [6, 6.07) is 21.6. The monoisotopic (exact) mass is 589 g/mol. The number of imidazole rings is 2. The zero-order valence-corrected chi connectivity index (χ0v) is 25.1. The molecule has 3 aromatic carbocycles. The third kappa shape index (κ3) is 6.48. The van der Waals surface area contributed by atoms with Crippen molar-refractivity contribution in [2.45, 2.75) is 19.3 Å². The summed E-state index contributed by atoms with van der Waals surface area (Å²) in [7, 11) is 2.19. The lowest BCUT2D eigenvalue weighted by molar-refractivity contribution is 0.313. The number of hydrogen-bond acceptors (Lipinski definition) is 5. The van der Waals surface area contributed by atoms with Gasteiger partial charge in [0.25, 0.3) is 0 Å². The maximum Gasteiger partial charge on any atom is 0.138 e. The topological polar surface area (TPSA) is 67.1 Å². The summed E-state index contributed by atoms with van der Waals surface area (Å²) in [6.45, 7) is 5.90. The number of benzene rings is 3. The Morgan fingerprint density at radius 3 is 2.24 bits per heavy atom. The fraction of sp³-hybridized carbons (Fsp3) is 0.375. The van der Waals surface area contributed by atoms with Crippen LogP contribution in [0, 0.1) is 0 Å². The first-order valence-corrected chi connectivity index (χ1v) is 15.5. The number of alkyl halides is 2. The third-order valence-corrected chi connectivity index (χ3v) is 8.36.